The molecule has 0 amide bonds. The van der Waals surface area contributed by atoms with Crippen molar-refractivity contribution in [2.75, 3.05) is 32.7 Å². The molecule has 1 fully saturated rings. The Morgan fingerprint density at radius 2 is 1.38 bits per heavy atom. The molecule has 3 nitrogen and oxygen atoms in total. The van der Waals surface area contributed by atoms with Crippen LogP contribution in [0, 0.1) is 5.82 Å². The van der Waals surface area contributed by atoms with E-state index in [4.69, 9.17) is 0 Å². The molecule has 2 aromatic rings. The summed E-state index contributed by atoms with van der Waals surface area (Å²) < 4.78 is 12.9. The van der Waals surface area contributed by atoms with Gasteiger partial charge in [0, 0.05) is 39.1 Å². The molecule has 0 saturated carbocycles. The Hall–Kier alpha value is -1.46. The minimum Gasteiger partial charge on any atom is -0.298 e. The fraction of sp³-hybridized carbons (Fsp3) is 0.350. The van der Waals surface area contributed by atoms with E-state index in [-0.39, 0.29) is 36.4 Å². The van der Waals surface area contributed by atoms with Crippen LogP contribution in [0.5, 0.6) is 0 Å². The summed E-state index contributed by atoms with van der Waals surface area (Å²) in [6, 6.07) is 16.7. The van der Waals surface area contributed by atoms with Gasteiger partial charge in [0.15, 0.2) is 5.78 Å². The van der Waals surface area contributed by atoms with Crippen LogP contribution >= 0.6 is 24.8 Å². The van der Waals surface area contributed by atoms with Gasteiger partial charge in [0.05, 0.1) is 6.54 Å². The third kappa shape index (κ3) is 7.04. The van der Waals surface area contributed by atoms with Gasteiger partial charge >= 0.3 is 0 Å². The maximum Gasteiger partial charge on any atom is 0.151 e. The highest BCUT2D eigenvalue weighted by Gasteiger charge is 2.19. The Bertz CT molecular complexity index is 659. The fourth-order valence-electron chi connectivity index (χ4n) is 3.08. The van der Waals surface area contributed by atoms with Crippen LogP contribution in [0.3, 0.4) is 0 Å². The Kier molecular flexibility index (Phi) is 9.81. The second-order valence-corrected chi connectivity index (χ2v) is 6.38. The molecule has 0 bridgehead atoms. The van der Waals surface area contributed by atoms with Gasteiger partial charge in [0.2, 0.25) is 0 Å². The number of halogens is 3. The fourth-order valence-corrected chi connectivity index (χ4v) is 3.08. The molecule has 0 spiro atoms. The summed E-state index contributed by atoms with van der Waals surface area (Å²) >= 11 is 0. The average Bonchev–Trinajstić information content (AvgIpc) is 2.60. The Morgan fingerprint density at radius 1 is 0.808 bits per heavy atom. The van der Waals surface area contributed by atoms with Gasteiger partial charge in [-0.1, -0.05) is 42.5 Å². The zero-order valence-corrected chi connectivity index (χ0v) is 16.3. The van der Waals surface area contributed by atoms with E-state index in [0.717, 1.165) is 38.3 Å². The van der Waals surface area contributed by atoms with Crippen molar-refractivity contribution in [3.63, 3.8) is 0 Å². The lowest BCUT2D eigenvalue weighted by atomic mass is 10.1. The summed E-state index contributed by atoms with van der Waals surface area (Å²) in [5, 5.41) is 0. The van der Waals surface area contributed by atoms with Gasteiger partial charge in [-0.3, -0.25) is 14.6 Å². The van der Waals surface area contributed by atoms with Crippen molar-refractivity contribution in [2.45, 2.75) is 13.0 Å². The molecule has 142 valence electrons. The van der Waals surface area contributed by atoms with Crippen LogP contribution in [0.1, 0.15) is 11.1 Å². The molecule has 0 aliphatic carbocycles. The number of piperazine rings is 1. The van der Waals surface area contributed by atoms with Crippen molar-refractivity contribution in [1.29, 1.82) is 0 Å². The first kappa shape index (κ1) is 22.6. The van der Waals surface area contributed by atoms with Crippen LogP contribution in [0.4, 0.5) is 4.39 Å². The molecule has 1 aliphatic rings. The molecule has 6 heteroatoms. The first-order valence-electron chi connectivity index (χ1n) is 8.44. The monoisotopic (exact) mass is 398 g/mol. The van der Waals surface area contributed by atoms with Gasteiger partial charge < -0.3 is 0 Å². The normalized spacial score (nSPS) is 15.0. The molecule has 0 radical (unpaired) electrons. The highest BCUT2D eigenvalue weighted by Crippen LogP contribution is 2.09. The maximum atomic E-state index is 12.9. The highest BCUT2D eigenvalue weighted by molar-refractivity contribution is 5.85. The lowest BCUT2D eigenvalue weighted by Crippen LogP contribution is -2.47. The molecule has 1 aliphatic heterocycles. The van der Waals surface area contributed by atoms with E-state index in [9.17, 15) is 9.18 Å². The number of benzene rings is 2. The minimum atomic E-state index is -0.263. The van der Waals surface area contributed by atoms with Crippen LogP contribution in [0.2, 0.25) is 0 Å². The zero-order valence-electron chi connectivity index (χ0n) is 14.6. The van der Waals surface area contributed by atoms with Gasteiger partial charge in [-0.05, 0) is 23.3 Å². The third-order valence-electron chi connectivity index (χ3n) is 4.43. The van der Waals surface area contributed by atoms with Crippen molar-refractivity contribution in [2.24, 2.45) is 0 Å². The summed E-state index contributed by atoms with van der Waals surface area (Å²) in [5.74, 6) is -0.0705. The minimum absolute atomic E-state index is 0. The summed E-state index contributed by atoms with van der Waals surface area (Å²) in [7, 11) is 0. The molecule has 26 heavy (non-hydrogen) atoms. The van der Waals surface area contributed by atoms with Gasteiger partial charge in [0.1, 0.15) is 5.82 Å². The smallest absolute Gasteiger partial charge is 0.151 e. The van der Waals surface area contributed by atoms with Crippen LogP contribution in [-0.2, 0) is 17.8 Å². The molecular weight excluding hydrogens is 374 g/mol. The van der Waals surface area contributed by atoms with Crippen molar-refractivity contribution in [3.05, 3.63) is 71.5 Å². The topological polar surface area (TPSA) is 23.6 Å². The van der Waals surface area contributed by atoms with Crippen molar-refractivity contribution >= 4 is 30.6 Å². The van der Waals surface area contributed by atoms with Crippen LogP contribution in [-0.4, -0.2) is 48.3 Å². The third-order valence-corrected chi connectivity index (χ3v) is 4.43. The number of ketones is 1. The number of carbonyl (C=O) groups is 1. The lowest BCUT2D eigenvalue weighted by Gasteiger charge is -2.34. The first-order valence-corrected chi connectivity index (χ1v) is 8.44. The summed E-state index contributed by atoms with van der Waals surface area (Å²) in [6.07, 6.45) is 0.379. The molecule has 0 aromatic heterocycles. The molecule has 0 atom stereocenters. The van der Waals surface area contributed by atoms with Gasteiger partial charge in [0.25, 0.3) is 0 Å². The van der Waals surface area contributed by atoms with Crippen LogP contribution in [0.25, 0.3) is 0 Å². The Balaban J connectivity index is 0.00000169. The molecule has 3 rings (SSSR count). The van der Waals surface area contributed by atoms with E-state index in [0.29, 0.717) is 13.0 Å². The zero-order chi connectivity index (χ0) is 16.8. The van der Waals surface area contributed by atoms with Gasteiger partial charge in [-0.25, -0.2) is 4.39 Å². The van der Waals surface area contributed by atoms with Crippen LogP contribution in [0.15, 0.2) is 54.6 Å². The number of rotatable bonds is 6. The van der Waals surface area contributed by atoms with E-state index in [1.165, 1.54) is 17.7 Å². The van der Waals surface area contributed by atoms with Crippen molar-refractivity contribution in [3.8, 4) is 0 Å². The quantitative estimate of drug-likeness (QED) is 0.742. The second kappa shape index (κ2) is 11.3. The van der Waals surface area contributed by atoms with Gasteiger partial charge in [-0.15, -0.1) is 24.8 Å². The molecule has 2 aromatic carbocycles. The second-order valence-electron chi connectivity index (χ2n) is 6.38. The molecular formula is C20H25Cl2FN2O. The predicted octanol–water partition coefficient (Wildman–Crippen LogP) is 3.60. The van der Waals surface area contributed by atoms with Crippen LogP contribution < -0.4 is 0 Å². The van der Waals surface area contributed by atoms with E-state index < -0.39 is 0 Å². The summed E-state index contributed by atoms with van der Waals surface area (Å²) in [5.41, 5.74) is 2.21. The highest BCUT2D eigenvalue weighted by atomic mass is 35.5. The first-order chi connectivity index (χ1) is 11.7. The predicted molar refractivity (Wildman–Crippen MR) is 108 cm³/mol. The largest absolute Gasteiger partial charge is 0.298 e. The number of hydrogen-bond acceptors (Lipinski definition) is 3. The van der Waals surface area contributed by atoms with E-state index in [2.05, 4.69) is 34.1 Å². The SMILES string of the molecule is Cl.Cl.O=C(Cc1ccc(F)cc1)CN1CCN(Cc2ccccc2)CC1. The van der Waals surface area contributed by atoms with E-state index in [1.54, 1.807) is 12.1 Å². The van der Waals surface area contributed by atoms with Crippen molar-refractivity contribution < 1.29 is 9.18 Å². The van der Waals surface area contributed by atoms with Gasteiger partial charge in [-0.2, -0.15) is 0 Å². The number of Topliss-reactive ketones (excluding diaryl/α,β-unsaturated/α-hetero) is 1. The molecule has 0 unspecified atom stereocenters. The number of hydrogen-bond donors (Lipinski definition) is 0. The number of carbonyl (C=O) groups excluding carboxylic acids is 1. The summed E-state index contributed by atoms with van der Waals surface area (Å²) in [6.45, 7) is 5.26. The Labute approximate surface area is 167 Å². The molecule has 1 heterocycles. The molecule has 0 N–H and O–H groups in total. The Morgan fingerprint density at radius 3 is 2.00 bits per heavy atom. The average molecular weight is 399 g/mol. The maximum absolute atomic E-state index is 12.9. The summed E-state index contributed by atoms with van der Waals surface area (Å²) in [4.78, 5) is 16.8. The molecule has 1 saturated heterocycles. The standard InChI is InChI=1S/C20H23FN2O.2ClH/c21-19-8-6-17(7-9-19)14-20(24)16-23-12-10-22(11-13-23)15-18-4-2-1-3-5-18;;/h1-9H,10-16H2;2*1H. The number of nitrogens with zero attached hydrogens (tertiary/aromatic N) is 2. The van der Waals surface area contributed by atoms with E-state index in [1.807, 2.05) is 6.07 Å². The lowest BCUT2D eigenvalue weighted by molar-refractivity contribution is -0.120. The van der Waals surface area contributed by atoms with Crippen molar-refractivity contribution in [1.82, 2.24) is 9.80 Å². The van der Waals surface area contributed by atoms with E-state index >= 15 is 0 Å².